The lowest BCUT2D eigenvalue weighted by Gasteiger charge is -2.26. The number of ether oxygens (including phenoxy) is 2. The van der Waals surface area contributed by atoms with E-state index in [1.54, 1.807) is 25.1 Å². The zero-order chi connectivity index (χ0) is 25.7. The predicted octanol–water partition coefficient (Wildman–Crippen LogP) is 4.87. The summed E-state index contributed by atoms with van der Waals surface area (Å²) in [7, 11) is 0. The Balaban J connectivity index is 1.53. The third-order valence-corrected chi connectivity index (χ3v) is 5.88. The van der Waals surface area contributed by atoms with Crippen molar-refractivity contribution in [2.75, 3.05) is 44.8 Å². The number of hydrogen-bond donors (Lipinski definition) is 1. The topological polar surface area (TPSA) is 93.9 Å². The summed E-state index contributed by atoms with van der Waals surface area (Å²) in [5.74, 6) is -1.63. The van der Waals surface area contributed by atoms with E-state index in [-0.39, 0.29) is 22.5 Å². The lowest BCUT2D eigenvalue weighted by molar-refractivity contribution is -0.385. The van der Waals surface area contributed by atoms with Crippen LogP contribution in [0, 0.1) is 28.7 Å². The van der Waals surface area contributed by atoms with E-state index in [0.717, 1.165) is 31.8 Å². The van der Waals surface area contributed by atoms with Crippen LogP contribution in [0.5, 0.6) is 5.75 Å². The fourth-order valence-electron chi connectivity index (χ4n) is 3.90. The number of rotatable bonds is 9. The number of aryl methyl sites for hydroxylation is 1. The van der Waals surface area contributed by atoms with Gasteiger partial charge in [-0.3, -0.25) is 19.8 Å². The van der Waals surface area contributed by atoms with Crippen molar-refractivity contribution in [1.82, 2.24) is 4.90 Å². The minimum absolute atomic E-state index is 0.0532. The molecule has 0 aliphatic carbocycles. The summed E-state index contributed by atoms with van der Waals surface area (Å²) < 4.78 is 38.3. The van der Waals surface area contributed by atoms with Crippen molar-refractivity contribution in [3.05, 3.63) is 93.0 Å². The molecular formula is C26H25F2N3O5. The molecule has 8 nitrogen and oxygen atoms in total. The maximum atomic E-state index is 14.0. The van der Waals surface area contributed by atoms with Gasteiger partial charge in [0, 0.05) is 43.0 Å². The first-order chi connectivity index (χ1) is 17.3. The molecule has 3 aromatic rings. The van der Waals surface area contributed by atoms with Gasteiger partial charge in [0.25, 0.3) is 5.69 Å². The first kappa shape index (κ1) is 25.2. The van der Waals surface area contributed by atoms with Crippen LogP contribution >= 0.6 is 0 Å². The van der Waals surface area contributed by atoms with Crippen molar-refractivity contribution in [2.24, 2.45) is 0 Å². The van der Waals surface area contributed by atoms with Crippen molar-refractivity contribution in [1.29, 1.82) is 0 Å². The van der Waals surface area contributed by atoms with Gasteiger partial charge in [-0.1, -0.05) is 6.07 Å². The van der Waals surface area contributed by atoms with Gasteiger partial charge in [0.1, 0.15) is 29.6 Å². The predicted molar refractivity (Wildman–Crippen MR) is 130 cm³/mol. The average Bonchev–Trinajstić information content (AvgIpc) is 2.87. The summed E-state index contributed by atoms with van der Waals surface area (Å²) in [6.45, 7) is 5.94. The molecule has 0 radical (unpaired) electrons. The van der Waals surface area contributed by atoms with E-state index in [1.807, 2.05) is 0 Å². The van der Waals surface area contributed by atoms with Gasteiger partial charge in [0.15, 0.2) is 5.78 Å². The SMILES string of the molecule is Cc1ccc(OCCN2CCOCC2)cc1C(=O)c1ccc(Nc2ccc(F)cc2F)cc1[N+](=O)[O-]. The number of morpholine rings is 1. The van der Waals surface area contributed by atoms with E-state index in [1.165, 1.54) is 18.2 Å². The van der Waals surface area contributed by atoms with E-state index in [4.69, 9.17) is 9.47 Å². The number of carbonyl (C=O) groups excluding carboxylic acids is 1. The van der Waals surface area contributed by atoms with Crippen LogP contribution < -0.4 is 10.1 Å². The summed E-state index contributed by atoms with van der Waals surface area (Å²) in [4.78, 5) is 26.7. The third-order valence-electron chi connectivity index (χ3n) is 5.88. The Morgan fingerprint density at radius 3 is 2.58 bits per heavy atom. The number of benzene rings is 3. The zero-order valence-electron chi connectivity index (χ0n) is 19.6. The fraction of sp³-hybridized carbons (Fsp3) is 0.269. The summed E-state index contributed by atoms with van der Waals surface area (Å²) in [6.07, 6.45) is 0. The van der Waals surface area contributed by atoms with Crippen LogP contribution in [-0.2, 0) is 4.74 Å². The molecule has 4 rings (SSSR count). The second-order valence-corrected chi connectivity index (χ2v) is 8.35. The number of nitrogens with zero attached hydrogens (tertiary/aromatic N) is 2. The minimum Gasteiger partial charge on any atom is -0.492 e. The van der Waals surface area contributed by atoms with Gasteiger partial charge in [-0.05, 0) is 48.9 Å². The van der Waals surface area contributed by atoms with Crippen LogP contribution in [0.2, 0.25) is 0 Å². The number of carbonyl (C=O) groups is 1. The third kappa shape index (κ3) is 6.02. The molecule has 1 saturated heterocycles. The van der Waals surface area contributed by atoms with Crippen molar-refractivity contribution in [2.45, 2.75) is 6.92 Å². The number of nitro groups is 1. The summed E-state index contributed by atoms with van der Waals surface area (Å²) in [5, 5.41) is 14.5. The molecule has 1 N–H and O–H groups in total. The first-order valence-corrected chi connectivity index (χ1v) is 11.4. The molecule has 0 bridgehead atoms. The van der Waals surface area contributed by atoms with E-state index in [9.17, 15) is 23.7 Å². The van der Waals surface area contributed by atoms with Crippen LogP contribution in [-0.4, -0.2) is 55.1 Å². The molecule has 0 unspecified atom stereocenters. The van der Waals surface area contributed by atoms with Crippen LogP contribution in [0.4, 0.5) is 25.8 Å². The monoisotopic (exact) mass is 497 g/mol. The van der Waals surface area contributed by atoms with E-state index in [2.05, 4.69) is 10.2 Å². The molecule has 188 valence electrons. The summed E-state index contributed by atoms with van der Waals surface area (Å²) in [6, 6.07) is 11.9. The van der Waals surface area contributed by atoms with Gasteiger partial charge in [-0.2, -0.15) is 0 Å². The second kappa shape index (κ2) is 11.2. The first-order valence-electron chi connectivity index (χ1n) is 11.4. The molecule has 3 aromatic carbocycles. The maximum Gasteiger partial charge on any atom is 0.282 e. The fourth-order valence-corrected chi connectivity index (χ4v) is 3.90. The number of nitro benzene ring substituents is 1. The quantitative estimate of drug-likeness (QED) is 0.256. The van der Waals surface area contributed by atoms with E-state index >= 15 is 0 Å². The van der Waals surface area contributed by atoms with Crippen molar-refractivity contribution < 1.29 is 28.0 Å². The zero-order valence-corrected chi connectivity index (χ0v) is 19.6. The van der Waals surface area contributed by atoms with Crippen LogP contribution in [0.15, 0.2) is 54.6 Å². The van der Waals surface area contributed by atoms with Gasteiger partial charge in [0.05, 0.1) is 23.8 Å². The Bertz CT molecular complexity index is 1280. The standard InChI is InChI=1S/C26H25F2N3O5/c1-17-2-5-20(36-13-10-30-8-11-35-12-9-30)16-22(17)26(32)21-6-4-19(15-25(21)31(33)34)29-24-7-3-18(27)14-23(24)28/h2-7,14-16,29H,8-13H2,1H3. The molecule has 0 atom stereocenters. The number of ketones is 1. The Labute approximate surface area is 206 Å². The molecule has 1 aliphatic rings. The molecule has 1 aliphatic heterocycles. The Morgan fingerprint density at radius 1 is 1.08 bits per heavy atom. The summed E-state index contributed by atoms with van der Waals surface area (Å²) in [5.41, 5.74) is 0.505. The highest BCUT2D eigenvalue weighted by Gasteiger charge is 2.24. The molecule has 36 heavy (non-hydrogen) atoms. The van der Waals surface area contributed by atoms with Gasteiger partial charge < -0.3 is 14.8 Å². The molecule has 0 spiro atoms. The largest absolute Gasteiger partial charge is 0.492 e. The normalized spacial score (nSPS) is 13.9. The lowest BCUT2D eigenvalue weighted by Crippen LogP contribution is -2.38. The molecule has 10 heteroatoms. The highest BCUT2D eigenvalue weighted by molar-refractivity contribution is 6.12. The van der Waals surface area contributed by atoms with Crippen LogP contribution in [0.25, 0.3) is 0 Å². The van der Waals surface area contributed by atoms with Crippen LogP contribution in [0.3, 0.4) is 0 Å². The molecule has 0 amide bonds. The number of nitrogens with one attached hydrogen (secondary N) is 1. The van der Waals surface area contributed by atoms with Crippen molar-refractivity contribution in [3.63, 3.8) is 0 Å². The Hall–Kier alpha value is -3.89. The molecule has 1 fully saturated rings. The van der Waals surface area contributed by atoms with E-state index in [0.29, 0.717) is 37.2 Å². The highest BCUT2D eigenvalue weighted by atomic mass is 19.1. The van der Waals surface area contributed by atoms with E-state index < -0.39 is 28.0 Å². The van der Waals surface area contributed by atoms with Crippen LogP contribution in [0.1, 0.15) is 21.5 Å². The molecule has 0 aromatic heterocycles. The highest BCUT2D eigenvalue weighted by Crippen LogP contribution is 2.30. The number of hydrogen-bond acceptors (Lipinski definition) is 7. The maximum absolute atomic E-state index is 14.0. The van der Waals surface area contributed by atoms with Crippen molar-refractivity contribution >= 4 is 22.8 Å². The number of halogens is 2. The second-order valence-electron chi connectivity index (χ2n) is 8.35. The van der Waals surface area contributed by atoms with Crippen molar-refractivity contribution in [3.8, 4) is 5.75 Å². The average molecular weight is 497 g/mol. The molecular weight excluding hydrogens is 472 g/mol. The van der Waals surface area contributed by atoms with Gasteiger partial charge >= 0.3 is 0 Å². The molecule has 0 saturated carbocycles. The van der Waals surface area contributed by atoms with Gasteiger partial charge in [-0.25, -0.2) is 8.78 Å². The Morgan fingerprint density at radius 2 is 1.86 bits per heavy atom. The summed E-state index contributed by atoms with van der Waals surface area (Å²) >= 11 is 0. The number of anilines is 2. The van der Waals surface area contributed by atoms with Gasteiger partial charge in [-0.15, -0.1) is 0 Å². The smallest absolute Gasteiger partial charge is 0.282 e. The minimum atomic E-state index is -0.848. The lowest BCUT2D eigenvalue weighted by atomic mass is 9.97. The van der Waals surface area contributed by atoms with Gasteiger partial charge in [0.2, 0.25) is 0 Å². The Kier molecular flexibility index (Phi) is 7.87. The molecule has 1 heterocycles.